The van der Waals surface area contributed by atoms with E-state index in [4.69, 9.17) is 10.5 Å². The summed E-state index contributed by atoms with van der Waals surface area (Å²) in [6.45, 7) is 6.32. The second kappa shape index (κ2) is 7.81. The number of para-hydroxylation sites is 1. The summed E-state index contributed by atoms with van der Waals surface area (Å²) in [4.78, 5) is 2.63. The summed E-state index contributed by atoms with van der Waals surface area (Å²) in [7, 11) is 1.74. The topological polar surface area (TPSA) is 38.5 Å². The highest BCUT2D eigenvalue weighted by Crippen LogP contribution is 2.34. The van der Waals surface area contributed by atoms with Gasteiger partial charge in [0.25, 0.3) is 0 Å². The van der Waals surface area contributed by atoms with Gasteiger partial charge in [-0.05, 0) is 24.8 Å². The second-order valence-corrected chi connectivity index (χ2v) is 6.52. The molecule has 21 heavy (non-hydrogen) atoms. The zero-order chi connectivity index (χ0) is 15.2. The van der Waals surface area contributed by atoms with Crippen molar-refractivity contribution >= 4 is 0 Å². The zero-order valence-corrected chi connectivity index (χ0v) is 13.7. The van der Waals surface area contributed by atoms with E-state index in [1.165, 1.54) is 31.2 Å². The molecule has 1 fully saturated rings. The largest absolute Gasteiger partial charge is 0.496 e. The third-order valence-corrected chi connectivity index (χ3v) is 4.49. The van der Waals surface area contributed by atoms with Crippen molar-refractivity contribution in [1.29, 1.82) is 0 Å². The number of rotatable bonds is 7. The molecule has 0 spiro atoms. The summed E-state index contributed by atoms with van der Waals surface area (Å²) in [6.07, 6.45) is 5.31. The maximum Gasteiger partial charge on any atom is 0.123 e. The van der Waals surface area contributed by atoms with Gasteiger partial charge < -0.3 is 10.5 Å². The minimum atomic E-state index is 0.256. The number of methoxy groups -OCH3 is 1. The summed E-state index contributed by atoms with van der Waals surface area (Å²) in [5.74, 6) is 1.61. The number of hydrogen-bond acceptors (Lipinski definition) is 3. The number of nitrogens with two attached hydrogens (primary N) is 1. The maximum atomic E-state index is 6.18. The monoisotopic (exact) mass is 290 g/mol. The van der Waals surface area contributed by atoms with Crippen molar-refractivity contribution in [3.05, 3.63) is 29.8 Å². The van der Waals surface area contributed by atoms with Crippen LogP contribution in [-0.4, -0.2) is 31.1 Å². The molecule has 1 aromatic carbocycles. The quantitative estimate of drug-likeness (QED) is 0.834. The number of nitrogens with zero attached hydrogens (tertiary/aromatic N) is 1. The Balaban J connectivity index is 2.29. The molecule has 2 rings (SSSR count). The van der Waals surface area contributed by atoms with Gasteiger partial charge in [-0.1, -0.05) is 44.9 Å². The predicted molar refractivity (Wildman–Crippen MR) is 88.6 cm³/mol. The molecule has 118 valence electrons. The lowest BCUT2D eigenvalue weighted by Crippen LogP contribution is -2.42. The first kappa shape index (κ1) is 16.3. The van der Waals surface area contributed by atoms with E-state index in [1.54, 1.807) is 7.11 Å². The summed E-state index contributed by atoms with van der Waals surface area (Å²) in [5, 5.41) is 0. The predicted octanol–water partition coefficient (Wildman–Crippen LogP) is 3.60. The standard InChI is InChI=1S/C18H30N2O/c1-14(2)13-20(15-8-4-5-9-15)17(12-19)16-10-6-7-11-18(16)21-3/h6-7,10-11,14-15,17H,4-5,8-9,12-13,19H2,1-3H3. The Kier molecular flexibility index (Phi) is 6.07. The fraction of sp³-hybridized carbons (Fsp3) is 0.667. The van der Waals surface area contributed by atoms with Crippen LogP contribution < -0.4 is 10.5 Å². The minimum absolute atomic E-state index is 0.256. The third-order valence-electron chi connectivity index (χ3n) is 4.49. The van der Waals surface area contributed by atoms with Gasteiger partial charge in [0.05, 0.1) is 13.2 Å². The molecule has 1 atom stereocenters. The van der Waals surface area contributed by atoms with Crippen LogP contribution in [0.15, 0.2) is 24.3 Å². The molecular formula is C18H30N2O. The smallest absolute Gasteiger partial charge is 0.123 e. The summed E-state index contributed by atoms with van der Waals surface area (Å²) >= 11 is 0. The molecule has 1 saturated carbocycles. The lowest BCUT2D eigenvalue weighted by Gasteiger charge is -2.38. The van der Waals surface area contributed by atoms with Gasteiger partial charge in [0.1, 0.15) is 5.75 Å². The van der Waals surface area contributed by atoms with Crippen molar-refractivity contribution in [1.82, 2.24) is 4.90 Å². The Morgan fingerprint density at radius 2 is 1.90 bits per heavy atom. The maximum absolute atomic E-state index is 6.18. The zero-order valence-electron chi connectivity index (χ0n) is 13.7. The van der Waals surface area contributed by atoms with E-state index in [0.717, 1.165) is 12.3 Å². The van der Waals surface area contributed by atoms with Crippen LogP contribution in [0.5, 0.6) is 5.75 Å². The second-order valence-electron chi connectivity index (χ2n) is 6.52. The Bertz CT molecular complexity index is 427. The van der Waals surface area contributed by atoms with Gasteiger partial charge in [0.2, 0.25) is 0 Å². The number of hydrogen-bond donors (Lipinski definition) is 1. The van der Waals surface area contributed by atoms with Gasteiger partial charge in [-0.25, -0.2) is 0 Å². The molecule has 1 aromatic rings. The minimum Gasteiger partial charge on any atom is -0.496 e. The molecule has 0 bridgehead atoms. The fourth-order valence-electron chi connectivity index (χ4n) is 3.57. The van der Waals surface area contributed by atoms with Crippen molar-refractivity contribution in [3.63, 3.8) is 0 Å². The SMILES string of the molecule is COc1ccccc1C(CN)N(CC(C)C)C1CCCC1. The Morgan fingerprint density at radius 3 is 2.48 bits per heavy atom. The van der Waals surface area contributed by atoms with E-state index in [2.05, 4.69) is 30.9 Å². The van der Waals surface area contributed by atoms with Gasteiger partial charge in [-0.3, -0.25) is 4.90 Å². The van der Waals surface area contributed by atoms with Crippen LogP contribution in [0.25, 0.3) is 0 Å². The van der Waals surface area contributed by atoms with Crippen molar-refractivity contribution in [3.8, 4) is 5.75 Å². The molecule has 2 N–H and O–H groups in total. The molecule has 3 heteroatoms. The molecule has 0 aromatic heterocycles. The first-order valence-corrected chi connectivity index (χ1v) is 8.26. The average Bonchev–Trinajstić information content (AvgIpc) is 3.01. The van der Waals surface area contributed by atoms with E-state index >= 15 is 0 Å². The van der Waals surface area contributed by atoms with Gasteiger partial charge >= 0.3 is 0 Å². The van der Waals surface area contributed by atoms with Crippen LogP contribution in [-0.2, 0) is 0 Å². The molecule has 0 heterocycles. The van der Waals surface area contributed by atoms with Crippen LogP contribution in [0.2, 0.25) is 0 Å². The van der Waals surface area contributed by atoms with Gasteiger partial charge in [0.15, 0.2) is 0 Å². The number of ether oxygens (including phenoxy) is 1. The Hall–Kier alpha value is -1.06. The van der Waals surface area contributed by atoms with Crippen molar-refractivity contribution in [2.75, 3.05) is 20.2 Å². The molecule has 0 radical (unpaired) electrons. The van der Waals surface area contributed by atoms with E-state index in [9.17, 15) is 0 Å². The van der Waals surface area contributed by atoms with E-state index in [-0.39, 0.29) is 6.04 Å². The lowest BCUT2D eigenvalue weighted by molar-refractivity contribution is 0.119. The molecule has 1 aliphatic carbocycles. The fourth-order valence-corrected chi connectivity index (χ4v) is 3.57. The first-order chi connectivity index (χ1) is 10.2. The third kappa shape index (κ3) is 3.98. The summed E-state index contributed by atoms with van der Waals surface area (Å²) in [5.41, 5.74) is 7.41. The molecule has 0 aliphatic heterocycles. The highest BCUT2D eigenvalue weighted by atomic mass is 16.5. The molecule has 1 unspecified atom stereocenters. The molecule has 1 aliphatic rings. The molecule has 0 amide bonds. The van der Waals surface area contributed by atoms with Crippen LogP contribution in [0, 0.1) is 5.92 Å². The Morgan fingerprint density at radius 1 is 1.24 bits per heavy atom. The lowest BCUT2D eigenvalue weighted by atomic mass is 9.99. The first-order valence-electron chi connectivity index (χ1n) is 8.26. The van der Waals surface area contributed by atoms with Crippen LogP contribution >= 0.6 is 0 Å². The highest BCUT2D eigenvalue weighted by Gasteiger charge is 2.30. The highest BCUT2D eigenvalue weighted by molar-refractivity contribution is 5.36. The van der Waals surface area contributed by atoms with Gasteiger partial charge in [-0.2, -0.15) is 0 Å². The molecule has 3 nitrogen and oxygen atoms in total. The van der Waals surface area contributed by atoms with E-state index < -0.39 is 0 Å². The average molecular weight is 290 g/mol. The van der Waals surface area contributed by atoms with Crippen LogP contribution in [0.4, 0.5) is 0 Å². The molecule has 0 saturated heterocycles. The van der Waals surface area contributed by atoms with Crippen LogP contribution in [0.3, 0.4) is 0 Å². The summed E-state index contributed by atoms with van der Waals surface area (Å²) in [6, 6.07) is 9.25. The van der Waals surface area contributed by atoms with Crippen LogP contribution in [0.1, 0.15) is 51.1 Å². The van der Waals surface area contributed by atoms with Gasteiger partial charge in [-0.15, -0.1) is 0 Å². The van der Waals surface area contributed by atoms with Crippen molar-refractivity contribution in [2.45, 2.75) is 51.6 Å². The van der Waals surface area contributed by atoms with Crippen molar-refractivity contribution < 1.29 is 4.74 Å². The summed E-state index contributed by atoms with van der Waals surface area (Å²) < 4.78 is 5.56. The van der Waals surface area contributed by atoms with Gasteiger partial charge in [0, 0.05) is 24.7 Å². The van der Waals surface area contributed by atoms with E-state index in [0.29, 0.717) is 18.5 Å². The number of benzene rings is 1. The molecular weight excluding hydrogens is 260 g/mol. The normalized spacial score (nSPS) is 17.6. The van der Waals surface area contributed by atoms with E-state index in [1.807, 2.05) is 12.1 Å². The Labute approximate surface area is 129 Å². The van der Waals surface area contributed by atoms with Crippen molar-refractivity contribution in [2.24, 2.45) is 11.7 Å².